The number of nitrogens with one attached hydrogen (secondary N) is 1. The molecule has 2 unspecified atom stereocenters. The molecule has 2 aliphatic heterocycles. The molecular formula is C13H20ClN5O. The number of nitrogens with zero attached hydrogens (tertiary/aromatic N) is 4. The van der Waals surface area contributed by atoms with Crippen molar-refractivity contribution in [3.8, 4) is 0 Å². The molecule has 3 rings (SSSR count). The molecule has 2 aliphatic rings. The minimum atomic E-state index is -0.160. The molecule has 3 heterocycles. The van der Waals surface area contributed by atoms with E-state index in [2.05, 4.69) is 39.0 Å². The van der Waals surface area contributed by atoms with Crippen molar-refractivity contribution in [2.45, 2.75) is 44.8 Å². The highest BCUT2D eigenvalue weighted by Gasteiger charge is 2.37. The van der Waals surface area contributed by atoms with E-state index in [1.165, 1.54) is 12.8 Å². The summed E-state index contributed by atoms with van der Waals surface area (Å²) in [7, 11) is 0. The van der Waals surface area contributed by atoms with Gasteiger partial charge in [-0.05, 0) is 44.7 Å². The van der Waals surface area contributed by atoms with Crippen molar-refractivity contribution >= 4 is 23.5 Å². The van der Waals surface area contributed by atoms with Gasteiger partial charge in [0.2, 0.25) is 17.2 Å². The zero-order chi connectivity index (χ0) is 14.2. The van der Waals surface area contributed by atoms with Gasteiger partial charge in [-0.1, -0.05) is 0 Å². The number of aromatic nitrogens is 3. The molecule has 2 saturated heterocycles. The van der Waals surface area contributed by atoms with Crippen LogP contribution in [0.1, 0.15) is 33.1 Å². The second kappa shape index (κ2) is 5.33. The Bertz CT molecular complexity index is 494. The molecule has 20 heavy (non-hydrogen) atoms. The molecule has 2 atom stereocenters. The zero-order valence-electron chi connectivity index (χ0n) is 11.9. The minimum absolute atomic E-state index is 0.119. The van der Waals surface area contributed by atoms with Crippen LogP contribution in [0.2, 0.25) is 5.28 Å². The third kappa shape index (κ3) is 2.67. The van der Waals surface area contributed by atoms with E-state index in [0.29, 0.717) is 11.9 Å². The smallest absolute Gasteiger partial charge is 0.231 e. The van der Waals surface area contributed by atoms with E-state index in [-0.39, 0.29) is 16.9 Å². The van der Waals surface area contributed by atoms with E-state index < -0.39 is 0 Å². The van der Waals surface area contributed by atoms with Gasteiger partial charge in [-0.15, -0.1) is 0 Å². The van der Waals surface area contributed by atoms with E-state index in [1.807, 2.05) is 0 Å². The Morgan fingerprint density at radius 1 is 1.30 bits per heavy atom. The average molecular weight is 298 g/mol. The Balaban J connectivity index is 1.82. The highest BCUT2D eigenvalue weighted by Crippen LogP contribution is 2.29. The first-order valence-electron chi connectivity index (χ1n) is 7.13. The van der Waals surface area contributed by atoms with Crippen LogP contribution in [0.15, 0.2) is 0 Å². The second-order valence-corrected chi connectivity index (χ2v) is 6.07. The standard InChI is InChI=1S/C13H20ClN5O/c1-9-13(2,5-8-20-9)18-11-15-10(14)16-12(17-11)19-6-3-4-7-19/h9H,3-8H2,1-2H3,(H,15,16,17,18). The molecule has 0 bridgehead atoms. The summed E-state index contributed by atoms with van der Waals surface area (Å²) in [4.78, 5) is 15.1. The normalized spacial score (nSPS) is 29.9. The Morgan fingerprint density at radius 3 is 2.70 bits per heavy atom. The summed E-state index contributed by atoms with van der Waals surface area (Å²) in [6.07, 6.45) is 3.40. The molecule has 2 fully saturated rings. The zero-order valence-corrected chi connectivity index (χ0v) is 12.7. The third-order valence-corrected chi connectivity index (χ3v) is 4.44. The van der Waals surface area contributed by atoms with Gasteiger partial charge in [-0.2, -0.15) is 15.0 Å². The lowest BCUT2D eigenvalue weighted by molar-refractivity contribution is 0.105. The summed E-state index contributed by atoms with van der Waals surface area (Å²) in [5.74, 6) is 1.20. The molecule has 110 valence electrons. The van der Waals surface area contributed by atoms with E-state index in [1.54, 1.807) is 0 Å². The van der Waals surface area contributed by atoms with Crippen LogP contribution in [0, 0.1) is 0 Å². The predicted octanol–water partition coefficient (Wildman–Crippen LogP) is 2.10. The summed E-state index contributed by atoms with van der Waals surface area (Å²) >= 11 is 6.04. The second-order valence-electron chi connectivity index (χ2n) is 5.73. The molecule has 7 heteroatoms. The van der Waals surface area contributed by atoms with Gasteiger partial charge in [0.25, 0.3) is 0 Å². The van der Waals surface area contributed by atoms with Crippen molar-refractivity contribution < 1.29 is 4.74 Å². The van der Waals surface area contributed by atoms with Gasteiger partial charge in [-0.3, -0.25) is 0 Å². The van der Waals surface area contributed by atoms with Gasteiger partial charge in [0.1, 0.15) is 0 Å². The number of rotatable bonds is 3. The van der Waals surface area contributed by atoms with Crippen LogP contribution >= 0.6 is 11.6 Å². The lowest BCUT2D eigenvalue weighted by Gasteiger charge is -2.29. The van der Waals surface area contributed by atoms with Crippen LogP contribution in [0.4, 0.5) is 11.9 Å². The van der Waals surface area contributed by atoms with Crippen molar-refractivity contribution in [3.05, 3.63) is 5.28 Å². The highest BCUT2D eigenvalue weighted by atomic mass is 35.5. The molecule has 1 aromatic rings. The molecule has 1 aromatic heterocycles. The van der Waals surface area contributed by atoms with Crippen LogP contribution in [0.5, 0.6) is 0 Å². The summed E-state index contributed by atoms with van der Waals surface area (Å²) in [6, 6.07) is 0. The van der Waals surface area contributed by atoms with Crippen molar-refractivity contribution in [3.63, 3.8) is 0 Å². The van der Waals surface area contributed by atoms with Gasteiger partial charge >= 0.3 is 0 Å². The first-order valence-corrected chi connectivity index (χ1v) is 7.51. The molecular weight excluding hydrogens is 278 g/mol. The fourth-order valence-corrected chi connectivity index (χ4v) is 2.86. The Labute approximate surface area is 123 Å². The first kappa shape index (κ1) is 13.8. The fourth-order valence-electron chi connectivity index (χ4n) is 2.71. The summed E-state index contributed by atoms with van der Waals surface area (Å²) in [5, 5.41) is 3.61. The van der Waals surface area contributed by atoms with Crippen LogP contribution in [-0.2, 0) is 4.74 Å². The fraction of sp³-hybridized carbons (Fsp3) is 0.769. The minimum Gasteiger partial charge on any atom is -0.376 e. The maximum Gasteiger partial charge on any atom is 0.231 e. The molecule has 6 nitrogen and oxygen atoms in total. The number of halogens is 1. The van der Waals surface area contributed by atoms with Crippen molar-refractivity contribution in [2.75, 3.05) is 29.9 Å². The molecule has 0 aliphatic carbocycles. The topological polar surface area (TPSA) is 63.2 Å². The molecule has 0 aromatic carbocycles. The lowest BCUT2D eigenvalue weighted by Crippen LogP contribution is -2.42. The van der Waals surface area contributed by atoms with E-state index in [9.17, 15) is 0 Å². The van der Waals surface area contributed by atoms with Gasteiger partial charge < -0.3 is 15.0 Å². The van der Waals surface area contributed by atoms with E-state index >= 15 is 0 Å². The number of hydrogen-bond acceptors (Lipinski definition) is 6. The van der Waals surface area contributed by atoms with Crippen LogP contribution in [0.25, 0.3) is 0 Å². The molecule has 0 amide bonds. The van der Waals surface area contributed by atoms with Gasteiger partial charge in [0, 0.05) is 19.7 Å². The predicted molar refractivity (Wildman–Crippen MR) is 78.3 cm³/mol. The molecule has 1 N–H and O–H groups in total. The Morgan fingerprint density at radius 2 is 2.05 bits per heavy atom. The monoisotopic (exact) mass is 297 g/mol. The van der Waals surface area contributed by atoms with Crippen molar-refractivity contribution in [1.82, 2.24) is 15.0 Å². The van der Waals surface area contributed by atoms with Crippen LogP contribution in [0.3, 0.4) is 0 Å². The van der Waals surface area contributed by atoms with E-state index in [0.717, 1.165) is 26.1 Å². The maximum absolute atomic E-state index is 6.04. The summed E-state index contributed by atoms with van der Waals surface area (Å²) in [6.45, 7) is 6.90. The summed E-state index contributed by atoms with van der Waals surface area (Å²) < 4.78 is 5.62. The largest absolute Gasteiger partial charge is 0.376 e. The molecule has 0 spiro atoms. The van der Waals surface area contributed by atoms with Crippen LogP contribution < -0.4 is 10.2 Å². The number of anilines is 2. The SMILES string of the molecule is CC1OCCC1(C)Nc1nc(Cl)nc(N2CCCC2)n1. The first-order chi connectivity index (χ1) is 9.57. The van der Waals surface area contributed by atoms with Crippen molar-refractivity contribution in [1.29, 1.82) is 0 Å². The summed E-state index contributed by atoms with van der Waals surface area (Å²) in [5.41, 5.74) is -0.160. The Hall–Kier alpha value is -1.14. The highest BCUT2D eigenvalue weighted by molar-refractivity contribution is 6.28. The number of ether oxygens (including phenoxy) is 1. The quantitative estimate of drug-likeness (QED) is 0.922. The molecule has 0 saturated carbocycles. The number of hydrogen-bond donors (Lipinski definition) is 1. The van der Waals surface area contributed by atoms with E-state index in [4.69, 9.17) is 16.3 Å². The third-order valence-electron chi connectivity index (χ3n) is 4.27. The van der Waals surface area contributed by atoms with Gasteiger partial charge in [0.05, 0.1) is 11.6 Å². The Kier molecular flexibility index (Phi) is 3.69. The average Bonchev–Trinajstić information content (AvgIpc) is 3.00. The van der Waals surface area contributed by atoms with Gasteiger partial charge in [0.15, 0.2) is 0 Å². The van der Waals surface area contributed by atoms with Gasteiger partial charge in [-0.25, -0.2) is 0 Å². The van der Waals surface area contributed by atoms with Crippen molar-refractivity contribution in [2.24, 2.45) is 0 Å². The molecule has 0 radical (unpaired) electrons. The maximum atomic E-state index is 6.04. The van der Waals surface area contributed by atoms with Crippen LogP contribution in [-0.4, -0.2) is 46.3 Å². The lowest BCUT2D eigenvalue weighted by atomic mass is 9.95.